The molecule has 23 heavy (non-hydrogen) atoms. The zero-order valence-corrected chi connectivity index (χ0v) is 13.4. The monoisotopic (exact) mass is 317 g/mol. The zero-order valence-electron chi connectivity index (χ0n) is 13.4. The van der Waals surface area contributed by atoms with Gasteiger partial charge in [0.05, 0.1) is 13.2 Å². The van der Waals surface area contributed by atoms with Gasteiger partial charge in [0, 0.05) is 6.42 Å². The SMILES string of the molecule is CCOC(=O)/C(C#N)=C/c1ccc(OC(=O)CC)c(OCC)c1. The van der Waals surface area contributed by atoms with Crippen molar-refractivity contribution in [2.45, 2.75) is 27.2 Å². The Hall–Kier alpha value is -2.81. The van der Waals surface area contributed by atoms with Crippen molar-refractivity contribution in [2.75, 3.05) is 13.2 Å². The summed E-state index contributed by atoms with van der Waals surface area (Å²) in [5.41, 5.74) is 0.446. The molecular weight excluding hydrogens is 298 g/mol. The lowest BCUT2D eigenvalue weighted by Gasteiger charge is -2.11. The molecule has 0 fully saturated rings. The summed E-state index contributed by atoms with van der Waals surface area (Å²) in [6.45, 7) is 5.73. The maximum Gasteiger partial charge on any atom is 0.348 e. The average molecular weight is 317 g/mol. The Morgan fingerprint density at radius 2 is 1.91 bits per heavy atom. The van der Waals surface area contributed by atoms with Crippen LogP contribution in [0.1, 0.15) is 32.8 Å². The van der Waals surface area contributed by atoms with Crippen molar-refractivity contribution in [3.8, 4) is 17.6 Å². The number of hydrogen-bond donors (Lipinski definition) is 0. The number of carbonyl (C=O) groups excluding carboxylic acids is 2. The summed E-state index contributed by atoms with van der Waals surface area (Å²) in [6.07, 6.45) is 1.64. The van der Waals surface area contributed by atoms with Crippen LogP contribution in [0.2, 0.25) is 0 Å². The fourth-order valence-electron chi connectivity index (χ4n) is 1.67. The van der Waals surface area contributed by atoms with Crippen molar-refractivity contribution in [3.05, 3.63) is 29.3 Å². The Labute approximate surface area is 135 Å². The first-order chi connectivity index (χ1) is 11.0. The summed E-state index contributed by atoms with van der Waals surface area (Å²) in [5.74, 6) is -0.400. The average Bonchev–Trinajstić information content (AvgIpc) is 2.55. The first-order valence-electron chi connectivity index (χ1n) is 7.32. The standard InChI is InChI=1S/C17H19NO5/c1-4-16(19)23-14-8-7-12(10-15(14)21-5-2)9-13(11-18)17(20)22-6-3/h7-10H,4-6H2,1-3H3/b13-9+. The van der Waals surface area contributed by atoms with Gasteiger partial charge in [-0.2, -0.15) is 5.26 Å². The second-order valence-corrected chi connectivity index (χ2v) is 4.36. The van der Waals surface area contributed by atoms with Gasteiger partial charge in [0.1, 0.15) is 11.6 Å². The molecule has 0 heterocycles. The van der Waals surface area contributed by atoms with Gasteiger partial charge in [-0.3, -0.25) is 4.79 Å². The van der Waals surface area contributed by atoms with Crippen LogP contribution >= 0.6 is 0 Å². The number of esters is 2. The fraction of sp³-hybridized carbons (Fsp3) is 0.353. The molecule has 0 atom stereocenters. The molecule has 0 amide bonds. The summed E-state index contributed by atoms with van der Waals surface area (Å²) in [7, 11) is 0. The summed E-state index contributed by atoms with van der Waals surface area (Å²) >= 11 is 0. The lowest BCUT2D eigenvalue weighted by Crippen LogP contribution is -2.08. The zero-order chi connectivity index (χ0) is 17.2. The molecule has 0 aromatic heterocycles. The smallest absolute Gasteiger partial charge is 0.348 e. The minimum atomic E-state index is -0.686. The molecule has 1 aromatic rings. The van der Waals surface area contributed by atoms with Crippen molar-refractivity contribution in [2.24, 2.45) is 0 Å². The van der Waals surface area contributed by atoms with Crippen LogP contribution < -0.4 is 9.47 Å². The molecular formula is C17H19NO5. The van der Waals surface area contributed by atoms with Gasteiger partial charge in [0.15, 0.2) is 11.5 Å². The highest BCUT2D eigenvalue weighted by molar-refractivity contribution is 5.98. The number of rotatable bonds is 7. The van der Waals surface area contributed by atoms with Gasteiger partial charge in [-0.1, -0.05) is 13.0 Å². The van der Waals surface area contributed by atoms with Crippen molar-refractivity contribution in [3.63, 3.8) is 0 Å². The lowest BCUT2D eigenvalue weighted by atomic mass is 10.1. The molecule has 1 aromatic carbocycles. The Morgan fingerprint density at radius 1 is 1.17 bits per heavy atom. The van der Waals surface area contributed by atoms with Gasteiger partial charge in [0.2, 0.25) is 0 Å². The quantitative estimate of drug-likeness (QED) is 0.333. The van der Waals surface area contributed by atoms with E-state index in [4.69, 9.17) is 19.5 Å². The summed E-state index contributed by atoms with van der Waals surface area (Å²) in [4.78, 5) is 23.0. The Balaban J connectivity index is 3.14. The highest BCUT2D eigenvalue weighted by atomic mass is 16.6. The number of nitrogens with zero attached hydrogens (tertiary/aromatic N) is 1. The van der Waals surface area contributed by atoms with E-state index >= 15 is 0 Å². The van der Waals surface area contributed by atoms with Gasteiger partial charge in [-0.15, -0.1) is 0 Å². The third-order valence-electron chi connectivity index (χ3n) is 2.71. The van der Waals surface area contributed by atoms with Crippen LogP contribution in [0.4, 0.5) is 0 Å². The molecule has 0 saturated heterocycles. The number of benzene rings is 1. The summed E-state index contributed by atoms with van der Waals surface area (Å²) < 4.78 is 15.4. The van der Waals surface area contributed by atoms with Gasteiger partial charge < -0.3 is 14.2 Å². The fourth-order valence-corrected chi connectivity index (χ4v) is 1.67. The topological polar surface area (TPSA) is 85.6 Å². The molecule has 122 valence electrons. The molecule has 0 spiro atoms. The van der Waals surface area contributed by atoms with Crippen molar-refractivity contribution < 1.29 is 23.8 Å². The predicted octanol–water partition coefficient (Wildman–Crippen LogP) is 2.87. The first kappa shape index (κ1) is 18.2. The Morgan fingerprint density at radius 3 is 2.48 bits per heavy atom. The van der Waals surface area contributed by atoms with Gasteiger partial charge in [0.25, 0.3) is 0 Å². The lowest BCUT2D eigenvalue weighted by molar-refractivity contribution is -0.138. The molecule has 0 aliphatic heterocycles. The first-order valence-corrected chi connectivity index (χ1v) is 7.32. The second-order valence-electron chi connectivity index (χ2n) is 4.36. The summed E-state index contributed by atoms with van der Waals surface area (Å²) in [5, 5.41) is 9.04. The van der Waals surface area contributed by atoms with Gasteiger partial charge in [-0.05, 0) is 37.6 Å². The van der Waals surface area contributed by atoms with Crippen LogP contribution in [0.25, 0.3) is 6.08 Å². The number of hydrogen-bond acceptors (Lipinski definition) is 6. The minimum absolute atomic E-state index is 0.118. The van der Waals surface area contributed by atoms with Crippen LogP contribution in [-0.2, 0) is 14.3 Å². The van der Waals surface area contributed by atoms with E-state index in [0.717, 1.165) is 0 Å². The van der Waals surface area contributed by atoms with Crippen LogP contribution in [0.5, 0.6) is 11.5 Å². The van der Waals surface area contributed by atoms with Crippen LogP contribution in [-0.4, -0.2) is 25.2 Å². The molecule has 6 nitrogen and oxygen atoms in total. The van der Waals surface area contributed by atoms with Crippen LogP contribution in [0, 0.1) is 11.3 Å². The minimum Gasteiger partial charge on any atom is -0.490 e. The largest absolute Gasteiger partial charge is 0.490 e. The van der Waals surface area contributed by atoms with E-state index in [2.05, 4.69) is 0 Å². The third-order valence-corrected chi connectivity index (χ3v) is 2.71. The molecule has 0 aliphatic rings. The Kier molecular flexibility index (Phi) is 7.34. The maximum atomic E-state index is 11.6. The van der Waals surface area contributed by atoms with Gasteiger partial charge in [-0.25, -0.2) is 4.79 Å². The van der Waals surface area contributed by atoms with Crippen LogP contribution in [0.15, 0.2) is 23.8 Å². The van der Waals surface area contributed by atoms with E-state index < -0.39 is 5.97 Å². The number of nitriles is 1. The highest BCUT2D eigenvalue weighted by Gasteiger charge is 2.13. The van der Waals surface area contributed by atoms with E-state index in [0.29, 0.717) is 23.7 Å². The van der Waals surface area contributed by atoms with E-state index in [-0.39, 0.29) is 24.6 Å². The number of carbonyl (C=O) groups is 2. The molecule has 0 bridgehead atoms. The van der Waals surface area contributed by atoms with Gasteiger partial charge >= 0.3 is 11.9 Å². The maximum absolute atomic E-state index is 11.6. The predicted molar refractivity (Wildman–Crippen MR) is 83.8 cm³/mol. The molecule has 0 N–H and O–H groups in total. The highest BCUT2D eigenvalue weighted by Crippen LogP contribution is 2.29. The third kappa shape index (κ3) is 5.47. The second kappa shape index (κ2) is 9.26. The van der Waals surface area contributed by atoms with Crippen molar-refractivity contribution in [1.82, 2.24) is 0 Å². The van der Waals surface area contributed by atoms with Crippen molar-refractivity contribution in [1.29, 1.82) is 5.26 Å². The van der Waals surface area contributed by atoms with E-state index in [1.54, 1.807) is 45.0 Å². The van der Waals surface area contributed by atoms with Crippen molar-refractivity contribution >= 4 is 18.0 Å². The van der Waals surface area contributed by atoms with E-state index in [1.165, 1.54) is 6.08 Å². The van der Waals surface area contributed by atoms with Crippen LogP contribution in [0.3, 0.4) is 0 Å². The number of ether oxygens (including phenoxy) is 3. The normalized spacial score (nSPS) is 10.6. The molecule has 0 radical (unpaired) electrons. The molecule has 6 heteroatoms. The molecule has 0 unspecified atom stereocenters. The van der Waals surface area contributed by atoms with E-state index in [9.17, 15) is 9.59 Å². The summed E-state index contributed by atoms with van der Waals surface area (Å²) in [6, 6.07) is 6.58. The Bertz CT molecular complexity index is 643. The molecule has 1 rings (SSSR count). The molecule has 0 saturated carbocycles. The molecule has 0 aliphatic carbocycles. The van der Waals surface area contributed by atoms with E-state index in [1.807, 2.05) is 0 Å².